The molecule has 0 aromatic rings. The summed E-state index contributed by atoms with van der Waals surface area (Å²) >= 11 is 0. The van der Waals surface area contributed by atoms with Crippen molar-refractivity contribution in [3.8, 4) is 0 Å². The molecule has 1 aliphatic rings. The Morgan fingerprint density at radius 1 is 1.27 bits per heavy atom. The Balaban J connectivity index is 2.50. The number of carbonyl (C=O) groups excluding carboxylic acids is 2. The topological polar surface area (TPSA) is 120 Å². The van der Waals surface area contributed by atoms with Gasteiger partial charge < -0.3 is 26.4 Å². The summed E-state index contributed by atoms with van der Waals surface area (Å²) in [5, 5.41) is 19.4. The Hall–Kier alpha value is -1.83. The molecule has 0 aromatic carbocycles. The lowest BCUT2D eigenvalue weighted by Crippen LogP contribution is -2.52. The van der Waals surface area contributed by atoms with E-state index in [1.54, 1.807) is 0 Å². The SMILES string of the molecule is CC(C)NC(=O)C(CCCNC(=O)O)NC(=O)[C@@H]1CCCN1. The van der Waals surface area contributed by atoms with Gasteiger partial charge in [-0.3, -0.25) is 9.59 Å². The lowest BCUT2D eigenvalue weighted by molar-refractivity contribution is -0.130. The van der Waals surface area contributed by atoms with Gasteiger partial charge in [0.15, 0.2) is 0 Å². The average Bonchev–Trinajstić information content (AvgIpc) is 2.94. The summed E-state index contributed by atoms with van der Waals surface area (Å²) < 4.78 is 0. The molecule has 1 rings (SSSR count). The highest BCUT2D eigenvalue weighted by Crippen LogP contribution is 2.06. The van der Waals surface area contributed by atoms with E-state index in [2.05, 4.69) is 21.3 Å². The van der Waals surface area contributed by atoms with Gasteiger partial charge in [-0.2, -0.15) is 0 Å². The Kier molecular flexibility index (Phi) is 7.65. The van der Waals surface area contributed by atoms with Gasteiger partial charge in [-0.05, 0) is 46.1 Å². The maximum atomic E-state index is 12.1. The third kappa shape index (κ3) is 6.75. The van der Waals surface area contributed by atoms with Crippen molar-refractivity contribution in [3.63, 3.8) is 0 Å². The molecule has 22 heavy (non-hydrogen) atoms. The molecule has 1 saturated heterocycles. The third-order valence-corrected chi connectivity index (χ3v) is 3.39. The van der Waals surface area contributed by atoms with Gasteiger partial charge in [-0.25, -0.2) is 4.79 Å². The first-order chi connectivity index (χ1) is 10.4. The van der Waals surface area contributed by atoms with Gasteiger partial charge in [0.2, 0.25) is 11.8 Å². The van der Waals surface area contributed by atoms with Gasteiger partial charge in [0, 0.05) is 12.6 Å². The van der Waals surface area contributed by atoms with E-state index in [4.69, 9.17) is 5.11 Å². The molecule has 0 bridgehead atoms. The minimum absolute atomic E-state index is 0.0198. The van der Waals surface area contributed by atoms with Gasteiger partial charge in [-0.15, -0.1) is 0 Å². The van der Waals surface area contributed by atoms with Crippen LogP contribution in [0.4, 0.5) is 4.79 Å². The van der Waals surface area contributed by atoms with E-state index in [0.29, 0.717) is 12.8 Å². The molecular formula is C14H26N4O4. The molecule has 8 heteroatoms. The summed E-state index contributed by atoms with van der Waals surface area (Å²) in [7, 11) is 0. The molecular weight excluding hydrogens is 288 g/mol. The van der Waals surface area contributed by atoms with Gasteiger partial charge >= 0.3 is 6.09 Å². The van der Waals surface area contributed by atoms with E-state index in [1.807, 2.05) is 13.8 Å². The molecule has 0 radical (unpaired) electrons. The Bertz CT molecular complexity index is 394. The molecule has 2 atom stereocenters. The van der Waals surface area contributed by atoms with Gasteiger partial charge in [0.25, 0.3) is 0 Å². The van der Waals surface area contributed by atoms with E-state index >= 15 is 0 Å². The second-order valence-corrected chi connectivity index (χ2v) is 5.75. The van der Waals surface area contributed by atoms with E-state index in [-0.39, 0.29) is 30.4 Å². The lowest BCUT2D eigenvalue weighted by Gasteiger charge is -2.21. The van der Waals surface area contributed by atoms with E-state index in [9.17, 15) is 14.4 Å². The van der Waals surface area contributed by atoms with Crippen LogP contribution in [-0.4, -0.2) is 54.2 Å². The summed E-state index contributed by atoms with van der Waals surface area (Å²) in [5.41, 5.74) is 0. The summed E-state index contributed by atoms with van der Waals surface area (Å²) in [4.78, 5) is 34.7. The number of carbonyl (C=O) groups is 3. The Labute approximate surface area is 130 Å². The minimum atomic E-state index is -1.10. The molecule has 0 spiro atoms. The second kappa shape index (κ2) is 9.24. The average molecular weight is 314 g/mol. The van der Waals surface area contributed by atoms with Crippen LogP contribution in [0, 0.1) is 0 Å². The number of rotatable bonds is 8. The van der Waals surface area contributed by atoms with E-state index in [1.165, 1.54) is 0 Å². The number of hydrogen-bond acceptors (Lipinski definition) is 4. The molecule has 8 nitrogen and oxygen atoms in total. The fourth-order valence-electron chi connectivity index (χ4n) is 2.34. The van der Waals surface area contributed by atoms with Crippen LogP contribution in [0.3, 0.4) is 0 Å². The van der Waals surface area contributed by atoms with Gasteiger partial charge in [0.1, 0.15) is 6.04 Å². The highest BCUT2D eigenvalue weighted by Gasteiger charge is 2.27. The zero-order chi connectivity index (χ0) is 16.5. The van der Waals surface area contributed by atoms with Crippen LogP contribution in [0.5, 0.6) is 0 Å². The van der Waals surface area contributed by atoms with Crippen molar-refractivity contribution < 1.29 is 19.5 Å². The Morgan fingerprint density at radius 3 is 2.55 bits per heavy atom. The van der Waals surface area contributed by atoms with Crippen molar-refractivity contribution in [2.45, 2.75) is 57.7 Å². The first-order valence-electron chi connectivity index (χ1n) is 7.71. The fourth-order valence-corrected chi connectivity index (χ4v) is 2.34. The number of amides is 3. The highest BCUT2D eigenvalue weighted by atomic mass is 16.4. The van der Waals surface area contributed by atoms with Crippen molar-refractivity contribution in [3.05, 3.63) is 0 Å². The summed E-state index contributed by atoms with van der Waals surface area (Å²) in [6.45, 7) is 4.75. The van der Waals surface area contributed by atoms with Gasteiger partial charge in [0.05, 0.1) is 6.04 Å². The predicted octanol–water partition coefficient (Wildman–Crippen LogP) is -0.204. The quantitative estimate of drug-likeness (QED) is 0.397. The summed E-state index contributed by atoms with van der Waals surface area (Å²) in [6.07, 6.45) is 1.48. The third-order valence-electron chi connectivity index (χ3n) is 3.39. The second-order valence-electron chi connectivity index (χ2n) is 5.75. The fraction of sp³-hybridized carbons (Fsp3) is 0.786. The molecule has 1 heterocycles. The van der Waals surface area contributed by atoms with Crippen molar-refractivity contribution in [2.24, 2.45) is 0 Å². The van der Waals surface area contributed by atoms with Crippen LogP contribution in [0.15, 0.2) is 0 Å². The molecule has 126 valence electrons. The molecule has 5 N–H and O–H groups in total. The minimum Gasteiger partial charge on any atom is -0.465 e. The largest absolute Gasteiger partial charge is 0.465 e. The van der Waals surface area contributed by atoms with Crippen molar-refractivity contribution in [1.29, 1.82) is 0 Å². The summed E-state index contributed by atoms with van der Waals surface area (Å²) in [6, 6.07) is -0.909. The lowest BCUT2D eigenvalue weighted by atomic mass is 10.1. The van der Waals surface area contributed by atoms with E-state index in [0.717, 1.165) is 19.4 Å². The van der Waals surface area contributed by atoms with Crippen LogP contribution in [0.2, 0.25) is 0 Å². The molecule has 1 aliphatic heterocycles. The highest BCUT2D eigenvalue weighted by molar-refractivity contribution is 5.90. The zero-order valence-corrected chi connectivity index (χ0v) is 13.1. The number of nitrogens with one attached hydrogen (secondary N) is 4. The van der Waals surface area contributed by atoms with Crippen molar-refractivity contribution in [2.75, 3.05) is 13.1 Å². The molecule has 0 aliphatic carbocycles. The van der Waals surface area contributed by atoms with Crippen LogP contribution >= 0.6 is 0 Å². The predicted molar refractivity (Wildman–Crippen MR) is 81.5 cm³/mol. The van der Waals surface area contributed by atoms with Crippen LogP contribution < -0.4 is 21.3 Å². The molecule has 1 unspecified atom stereocenters. The molecule has 0 saturated carbocycles. The maximum Gasteiger partial charge on any atom is 0.404 e. The number of carboxylic acid groups (broad SMARTS) is 1. The molecule has 3 amide bonds. The van der Waals surface area contributed by atoms with Crippen LogP contribution in [0.25, 0.3) is 0 Å². The monoisotopic (exact) mass is 314 g/mol. The van der Waals surface area contributed by atoms with Crippen LogP contribution in [-0.2, 0) is 9.59 Å². The molecule has 1 fully saturated rings. The van der Waals surface area contributed by atoms with Crippen molar-refractivity contribution in [1.82, 2.24) is 21.3 Å². The first-order valence-corrected chi connectivity index (χ1v) is 7.71. The zero-order valence-electron chi connectivity index (χ0n) is 13.1. The normalized spacial score (nSPS) is 18.8. The Morgan fingerprint density at radius 2 is 2.00 bits per heavy atom. The van der Waals surface area contributed by atoms with E-state index < -0.39 is 12.1 Å². The van der Waals surface area contributed by atoms with Crippen molar-refractivity contribution >= 4 is 17.9 Å². The number of hydrogen-bond donors (Lipinski definition) is 5. The standard InChI is InChI=1S/C14H26N4O4/c1-9(2)17-13(20)11(6-4-8-16-14(21)22)18-12(19)10-5-3-7-15-10/h9-11,15-16H,3-8H2,1-2H3,(H,17,20)(H,18,19)(H,21,22)/t10-,11?/m0/s1. The smallest absolute Gasteiger partial charge is 0.404 e. The summed E-state index contributed by atoms with van der Waals surface area (Å²) in [5.74, 6) is -0.413. The maximum absolute atomic E-state index is 12.1. The first kappa shape index (κ1) is 18.2. The molecule has 0 aromatic heterocycles. The van der Waals surface area contributed by atoms with Crippen LogP contribution in [0.1, 0.15) is 39.5 Å². The van der Waals surface area contributed by atoms with Gasteiger partial charge in [-0.1, -0.05) is 0 Å².